The summed E-state index contributed by atoms with van der Waals surface area (Å²) < 4.78 is 16.0. The van der Waals surface area contributed by atoms with Crippen molar-refractivity contribution in [3.63, 3.8) is 0 Å². The van der Waals surface area contributed by atoms with Crippen LogP contribution in [0.3, 0.4) is 0 Å². The molecular weight excluding hydrogens is 308 g/mol. The summed E-state index contributed by atoms with van der Waals surface area (Å²) in [5, 5.41) is 11.9. The minimum Gasteiger partial charge on any atom is -0.497 e. The monoisotopic (exact) mass is 320 g/mol. The average molecular weight is 320 g/mol. The topological polar surface area (TPSA) is 87.1 Å². The van der Waals surface area contributed by atoms with Crippen LogP contribution in [0.15, 0.2) is 63.5 Å². The molecule has 0 radical (unpaired) electrons. The van der Waals surface area contributed by atoms with Crippen molar-refractivity contribution in [2.45, 2.75) is 0 Å². The highest BCUT2D eigenvalue weighted by molar-refractivity contribution is 5.58. The second kappa shape index (κ2) is 5.96. The highest BCUT2D eigenvalue weighted by Crippen LogP contribution is 2.25. The van der Waals surface area contributed by atoms with Crippen LogP contribution in [0.25, 0.3) is 34.6 Å². The minimum absolute atomic E-state index is 0.206. The van der Waals surface area contributed by atoms with E-state index in [1.807, 2.05) is 54.6 Å². The summed E-state index contributed by atoms with van der Waals surface area (Å²) in [4.78, 5) is 4.30. The van der Waals surface area contributed by atoms with Gasteiger partial charge in [-0.25, -0.2) is 0 Å². The van der Waals surface area contributed by atoms with Crippen molar-refractivity contribution in [2.75, 3.05) is 7.11 Å². The molecule has 7 nitrogen and oxygen atoms in total. The smallest absolute Gasteiger partial charge is 0.289 e. The predicted molar refractivity (Wildman–Crippen MR) is 85.0 cm³/mol. The number of nitrogens with zero attached hydrogens (tertiary/aromatic N) is 4. The molecule has 2 aromatic heterocycles. The molecule has 2 heterocycles. The zero-order valence-electron chi connectivity index (χ0n) is 12.7. The molecule has 0 N–H and O–H groups in total. The van der Waals surface area contributed by atoms with Crippen LogP contribution in [0.5, 0.6) is 5.75 Å². The molecule has 0 atom stereocenters. The number of aromatic nitrogens is 4. The summed E-state index contributed by atoms with van der Waals surface area (Å²) in [6.07, 6.45) is 0. The Kier molecular flexibility index (Phi) is 3.51. The van der Waals surface area contributed by atoms with Crippen LogP contribution >= 0.6 is 0 Å². The average Bonchev–Trinajstić information content (AvgIpc) is 3.32. The van der Waals surface area contributed by atoms with Crippen molar-refractivity contribution in [1.29, 1.82) is 0 Å². The van der Waals surface area contributed by atoms with Gasteiger partial charge in [0, 0.05) is 11.1 Å². The van der Waals surface area contributed by atoms with E-state index in [4.69, 9.17) is 13.7 Å². The second-order valence-electron chi connectivity index (χ2n) is 4.93. The third kappa shape index (κ3) is 2.63. The lowest BCUT2D eigenvalue weighted by molar-refractivity contribution is 0.414. The Bertz CT molecular complexity index is 945. The van der Waals surface area contributed by atoms with E-state index < -0.39 is 0 Å². The number of benzene rings is 2. The Hall–Kier alpha value is -3.48. The molecule has 24 heavy (non-hydrogen) atoms. The van der Waals surface area contributed by atoms with E-state index in [-0.39, 0.29) is 11.7 Å². The van der Waals surface area contributed by atoms with Crippen LogP contribution in [-0.4, -0.2) is 27.4 Å². The molecule has 0 aliphatic carbocycles. The van der Waals surface area contributed by atoms with Gasteiger partial charge in [0.05, 0.1) is 7.11 Å². The fraction of sp³-hybridized carbons (Fsp3) is 0.0588. The maximum Gasteiger partial charge on any atom is 0.289 e. The Balaban J connectivity index is 1.62. The van der Waals surface area contributed by atoms with Gasteiger partial charge in [-0.15, -0.1) is 10.2 Å². The van der Waals surface area contributed by atoms with Crippen molar-refractivity contribution in [2.24, 2.45) is 0 Å². The highest BCUT2D eigenvalue weighted by atomic mass is 16.5. The lowest BCUT2D eigenvalue weighted by Gasteiger charge is -1.98. The van der Waals surface area contributed by atoms with Crippen molar-refractivity contribution in [3.05, 3.63) is 54.6 Å². The molecule has 0 fully saturated rings. The Morgan fingerprint density at radius 2 is 1.50 bits per heavy atom. The van der Waals surface area contributed by atoms with Gasteiger partial charge in [-0.3, -0.25) is 0 Å². The van der Waals surface area contributed by atoms with Gasteiger partial charge < -0.3 is 13.7 Å². The van der Waals surface area contributed by atoms with Crippen molar-refractivity contribution in [3.8, 4) is 40.4 Å². The van der Waals surface area contributed by atoms with Crippen LogP contribution in [0.4, 0.5) is 0 Å². The summed E-state index contributed by atoms with van der Waals surface area (Å²) in [5.74, 6) is 1.98. The molecule has 0 aliphatic heterocycles. The molecule has 0 unspecified atom stereocenters. The van der Waals surface area contributed by atoms with Crippen LogP contribution in [0.2, 0.25) is 0 Å². The molecule has 0 amide bonds. The molecule has 7 heteroatoms. The number of hydrogen-bond acceptors (Lipinski definition) is 7. The first kappa shape index (κ1) is 14.1. The SMILES string of the molecule is COc1ccc(-c2nc(-c3nnc(-c4ccccc4)o3)no2)cc1. The molecule has 0 spiro atoms. The van der Waals surface area contributed by atoms with E-state index >= 15 is 0 Å². The fourth-order valence-electron chi connectivity index (χ4n) is 2.17. The van der Waals surface area contributed by atoms with Crippen LogP contribution < -0.4 is 4.74 Å². The second-order valence-corrected chi connectivity index (χ2v) is 4.93. The standard InChI is InChI=1S/C17H12N4O3/c1-22-13-9-7-12(8-10-13)15-18-14(21-24-15)17-20-19-16(23-17)11-5-3-2-4-6-11/h2-10H,1H3. The van der Waals surface area contributed by atoms with Gasteiger partial charge in [0.2, 0.25) is 5.89 Å². The molecular formula is C17H12N4O3. The minimum atomic E-state index is 0.206. The van der Waals surface area contributed by atoms with E-state index in [2.05, 4.69) is 20.3 Å². The van der Waals surface area contributed by atoms with E-state index in [9.17, 15) is 0 Å². The number of methoxy groups -OCH3 is 1. The van der Waals surface area contributed by atoms with Crippen molar-refractivity contribution in [1.82, 2.24) is 20.3 Å². The van der Waals surface area contributed by atoms with Gasteiger partial charge in [0.25, 0.3) is 17.6 Å². The van der Waals surface area contributed by atoms with E-state index in [1.54, 1.807) is 7.11 Å². The summed E-state index contributed by atoms with van der Waals surface area (Å²) >= 11 is 0. The zero-order valence-corrected chi connectivity index (χ0v) is 12.7. The lowest BCUT2D eigenvalue weighted by atomic mass is 10.2. The Labute approximate surface area is 136 Å². The predicted octanol–water partition coefficient (Wildman–Crippen LogP) is 3.46. The molecule has 118 valence electrons. The maximum atomic E-state index is 5.61. The first-order chi connectivity index (χ1) is 11.8. The maximum absolute atomic E-state index is 5.61. The zero-order chi connectivity index (χ0) is 16.4. The molecule has 0 saturated carbocycles. The van der Waals surface area contributed by atoms with Crippen molar-refractivity contribution < 1.29 is 13.7 Å². The van der Waals surface area contributed by atoms with Crippen LogP contribution in [0.1, 0.15) is 0 Å². The first-order valence-corrected chi connectivity index (χ1v) is 7.21. The molecule has 2 aromatic carbocycles. The van der Waals surface area contributed by atoms with E-state index in [0.29, 0.717) is 11.8 Å². The van der Waals surface area contributed by atoms with Gasteiger partial charge in [-0.05, 0) is 36.4 Å². The Morgan fingerprint density at radius 3 is 2.25 bits per heavy atom. The summed E-state index contributed by atoms with van der Waals surface area (Å²) in [6.45, 7) is 0. The quantitative estimate of drug-likeness (QED) is 0.569. The van der Waals surface area contributed by atoms with Crippen molar-refractivity contribution >= 4 is 0 Å². The van der Waals surface area contributed by atoms with E-state index in [1.165, 1.54) is 0 Å². The van der Waals surface area contributed by atoms with Crippen LogP contribution in [-0.2, 0) is 0 Å². The number of hydrogen-bond donors (Lipinski definition) is 0. The summed E-state index contributed by atoms with van der Waals surface area (Å²) in [7, 11) is 1.61. The number of ether oxygens (including phenoxy) is 1. The molecule has 4 aromatic rings. The molecule has 4 rings (SSSR count). The lowest BCUT2D eigenvalue weighted by Crippen LogP contribution is -1.83. The van der Waals surface area contributed by atoms with Gasteiger partial charge in [0.15, 0.2) is 0 Å². The van der Waals surface area contributed by atoms with E-state index in [0.717, 1.165) is 16.9 Å². The van der Waals surface area contributed by atoms with Gasteiger partial charge in [0.1, 0.15) is 5.75 Å². The van der Waals surface area contributed by atoms with Crippen LogP contribution in [0, 0.1) is 0 Å². The summed E-state index contributed by atoms with van der Waals surface area (Å²) in [5.41, 5.74) is 1.60. The molecule has 0 saturated heterocycles. The Morgan fingerprint density at radius 1 is 0.792 bits per heavy atom. The fourth-order valence-corrected chi connectivity index (χ4v) is 2.17. The third-order valence-corrected chi connectivity index (χ3v) is 3.40. The largest absolute Gasteiger partial charge is 0.497 e. The number of rotatable bonds is 4. The first-order valence-electron chi connectivity index (χ1n) is 7.21. The summed E-state index contributed by atoms with van der Waals surface area (Å²) in [6, 6.07) is 16.8. The van der Waals surface area contributed by atoms with Gasteiger partial charge >= 0.3 is 0 Å². The molecule has 0 aliphatic rings. The normalized spacial score (nSPS) is 10.7. The highest BCUT2D eigenvalue weighted by Gasteiger charge is 2.17. The van der Waals surface area contributed by atoms with Gasteiger partial charge in [-0.1, -0.05) is 23.4 Å². The van der Waals surface area contributed by atoms with Gasteiger partial charge in [-0.2, -0.15) is 4.98 Å². The molecule has 0 bridgehead atoms. The third-order valence-electron chi connectivity index (χ3n) is 3.40.